The van der Waals surface area contributed by atoms with Gasteiger partial charge in [-0.2, -0.15) is 0 Å². The summed E-state index contributed by atoms with van der Waals surface area (Å²) in [6, 6.07) is 4.82. The third-order valence-electron chi connectivity index (χ3n) is 4.10. The first-order valence-corrected chi connectivity index (χ1v) is 8.74. The average Bonchev–Trinajstić information content (AvgIpc) is 3.05. The molecule has 1 fully saturated rings. The Hall–Kier alpha value is -1.11. The molecule has 1 aliphatic carbocycles. The minimum absolute atomic E-state index is 0.241. The van der Waals surface area contributed by atoms with Crippen LogP contribution in [0, 0.1) is 11.3 Å². The van der Waals surface area contributed by atoms with Crippen LogP contribution in [-0.2, 0) is 16.6 Å². The quantitative estimate of drug-likeness (QED) is 0.805. The summed E-state index contributed by atoms with van der Waals surface area (Å²) in [7, 11) is -3.49. The van der Waals surface area contributed by atoms with Gasteiger partial charge in [0, 0.05) is 18.7 Å². The van der Waals surface area contributed by atoms with Crippen molar-refractivity contribution in [3.8, 4) is 5.75 Å². The number of nitrogens with one attached hydrogen (secondary N) is 1. The highest BCUT2D eigenvalue weighted by Crippen LogP contribution is 2.51. The molecule has 0 radical (unpaired) electrons. The lowest BCUT2D eigenvalue weighted by Gasteiger charge is -2.12. The predicted molar refractivity (Wildman–Crippen MR) is 82.6 cm³/mol. The SMILES string of the molecule is CCOc1ccc(S(=O)(=O)NCC2CC2(C)C)cc1CN. The number of benzene rings is 1. The second-order valence-corrected chi connectivity index (χ2v) is 7.92. The Morgan fingerprint density at radius 2 is 2.10 bits per heavy atom. The molecule has 1 aromatic rings. The summed E-state index contributed by atoms with van der Waals surface area (Å²) in [4.78, 5) is 0.241. The summed E-state index contributed by atoms with van der Waals surface area (Å²) >= 11 is 0. The molecule has 0 amide bonds. The van der Waals surface area contributed by atoms with Crippen LogP contribution in [-0.4, -0.2) is 21.6 Å². The van der Waals surface area contributed by atoms with Crippen LogP contribution >= 0.6 is 0 Å². The smallest absolute Gasteiger partial charge is 0.240 e. The second kappa shape index (κ2) is 5.94. The second-order valence-electron chi connectivity index (χ2n) is 6.15. The summed E-state index contributed by atoms with van der Waals surface area (Å²) in [5.41, 5.74) is 6.62. The van der Waals surface area contributed by atoms with Crippen molar-refractivity contribution in [1.29, 1.82) is 0 Å². The highest BCUT2D eigenvalue weighted by atomic mass is 32.2. The number of rotatable bonds is 7. The first-order valence-electron chi connectivity index (χ1n) is 7.25. The zero-order valence-electron chi connectivity index (χ0n) is 12.8. The molecule has 0 spiro atoms. The van der Waals surface area contributed by atoms with Crippen LogP contribution in [0.25, 0.3) is 0 Å². The van der Waals surface area contributed by atoms with Gasteiger partial charge in [-0.1, -0.05) is 13.8 Å². The van der Waals surface area contributed by atoms with Crippen LogP contribution in [0.1, 0.15) is 32.8 Å². The van der Waals surface area contributed by atoms with Crippen molar-refractivity contribution in [3.63, 3.8) is 0 Å². The fourth-order valence-electron chi connectivity index (χ4n) is 2.40. The molecule has 6 heteroatoms. The van der Waals surface area contributed by atoms with Crippen LogP contribution in [0.15, 0.2) is 23.1 Å². The van der Waals surface area contributed by atoms with Gasteiger partial charge in [0.25, 0.3) is 0 Å². The third-order valence-corrected chi connectivity index (χ3v) is 5.52. The molecule has 1 aliphatic rings. The minimum Gasteiger partial charge on any atom is -0.494 e. The summed E-state index contributed by atoms with van der Waals surface area (Å²) in [5.74, 6) is 1.06. The summed E-state index contributed by atoms with van der Waals surface area (Å²) in [6.07, 6.45) is 1.06. The Bertz CT molecular complexity index is 611. The molecule has 21 heavy (non-hydrogen) atoms. The van der Waals surface area contributed by atoms with E-state index < -0.39 is 10.0 Å². The molecular weight excluding hydrogens is 288 g/mol. The number of ether oxygens (including phenoxy) is 1. The molecule has 1 unspecified atom stereocenters. The van der Waals surface area contributed by atoms with E-state index in [0.29, 0.717) is 30.4 Å². The molecule has 5 nitrogen and oxygen atoms in total. The van der Waals surface area contributed by atoms with Crippen molar-refractivity contribution in [3.05, 3.63) is 23.8 Å². The van der Waals surface area contributed by atoms with Gasteiger partial charge in [0.2, 0.25) is 10.0 Å². The van der Waals surface area contributed by atoms with Gasteiger partial charge in [-0.3, -0.25) is 0 Å². The van der Waals surface area contributed by atoms with Gasteiger partial charge in [0.05, 0.1) is 11.5 Å². The fourth-order valence-corrected chi connectivity index (χ4v) is 3.53. The highest BCUT2D eigenvalue weighted by molar-refractivity contribution is 7.89. The third kappa shape index (κ3) is 3.75. The van der Waals surface area contributed by atoms with Gasteiger partial charge in [-0.15, -0.1) is 0 Å². The van der Waals surface area contributed by atoms with Gasteiger partial charge in [0.1, 0.15) is 5.75 Å². The maximum Gasteiger partial charge on any atom is 0.240 e. The molecule has 0 heterocycles. The maximum atomic E-state index is 12.3. The number of sulfonamides is 1. The van der Waals surface area contributed by atoms with Crippen molar-refractivity contribution in [1.82, 2.24) is 4.72 Å². The van der Waals surface area contributed by atoms with E-state index in [9.17, 15) is 8.42 Å². The topological polar surface area (TPSA) is 81.4 Å². The van der Waals surface area contributed by atoms with E-state index in [4.69, 9.17) is 10.5 Å². The molecule has 1 atom stereocenters. The largest absolute Gasteiger partial charge is 0.494 e. The molecule has 3 N–H and O–H groups in total. The zero-order chi connectivity index (χ0) is 15.7. The Balaban J connectivity index is 2.12. The van der Waals surface area contributed by atoms with Gasteiger partial charge < -0.3 is 10.5 Å². The molecule has 0 aliphatic heterocycles. The molecule has 2 rings (SSSR count). The average molecular weight is 312 g/mol. The van der Waals surface area contributed by atoms with Crippen molar-refractivity contribution < 1.29 is 13.2 Å². The lowest BCUT2D eigenvalue weighted by molar-refractivity contribution is 0.336. The van der Waals surface area contributed by atoms with Crippen molar-refractivity contribution in [2.75, 3.05) is 13.2 Å². The van der Waals surface area contributed by atoms with E-state index in [1.165, 1.54) is 0 Å². The van der Waals surface area contributed by atoms with E-state index >= 15 is 0 Å². The summed E-state index contributed by atoms with van der Waals surface area (Å²) in [6.45, 7) is 7.43. The summed E-state index contributed by atoms with van der Waals surface area (Å²) in [5, 5.41) is 0. The number of nitrogens with two attached hydrogens (primary N) is 1. The Morgan fingerprint density at radius 1 is 1.43 bits per heavy atom. The predicted octanol–water partition coefficient (Wildman–Crippen LogP) is 1.87. The van der Waals surface area contributed by atoms with E-state index in [1.54, 1.807) is 18.2 Å². The number of hydrogen-bond acceptors (Lipinski definition) is 4. The van der Waals surface area contributed by atoms with E-state index in [0.717, 1.165) is 6.42 Å². The molecule has 0 bridgehead atoms. The van der Waals surface area contributed by atoms with Gasteiger partial charge in [0.15, 0.2) is 0 Å². The van der Waals surface area contributed by atoms with E-state index in [1.807, 2.05) is 6.92 Å². The van der Waals surface area contributed by atoms with Gasteiger partial charge in [-0.05, 0) is 42.9 Å². The number of hydrogen-bond donors (Lipinski definition) is 2. The first-order chi connectivity index (χ1) is 9.80. The lowest BCUT2D eigenvalue weighted by atomic mass is 10.1. The molecule has 0 aromatic heterocycles. The van der Waals surface area contributed by atoms with Crippen molar-refractivity contribution in [2.45, 2.75) is 38.6 Å². The first kappa shape index (κ1) is 16.3. The summed E-state index contributed by atoms with van der Waals surface area (Å²) < 4.78 is 32.8. The minimum atomic E-state index is -3.49. The van der Waals surface area contributed by atoms with Crippen LogP contribution in [0.4, 0.5) is 0 Å². The molecule has 1 saturated carbocycles. The Labute approximate surface area is 126 Å². The standard InChI is InChI=1S/C15H24N2O3S/c1-4-20-14-6-5-13(7-11(14)9-16)21(18,19)17-10-12-8-15(12,2)3/h5-7,12,17H,4,8-10,16H2,1-3H3. The molecular formula is C15H24N2O3S. The normalized spacial score (nSPS) is 20.3. The molecule has 0 saturated heterocycles. The van der Waals surface area contributed by atoms with Crippen molar-refractivity contribution in [2.24, 2.45) is 17.1 Å². The lowest BCUT2D eigenvalue weighted by Crippen LogP contribution is -2.27. The van der Waals surface area contributed by atoms with Crippen LogP contribution in [0.5, 0.6) is 5.75 Å². The maximum absolute atomic E-state index is 12.3. The highest BCUT2D eigenvalue weighted by Gasteiger charge is 2.45. The fraction of sp³-hybridized carbons (Fsp3) is 0.600. The van der Waals surface area contributed by atoms with E-state index in [2.05, 4.69) is 18.6 Å². The molecule has 1 aromatic carbocycles. The Morgan fingerprint density at radius 3 is 2.62 bits per heavy atom. The van der Waals surface area contributed by atoms with E-state index in [-0.39, 0.29) is 16.9 Å². The molecule has 118 valence electrons. The van der Waals surface area contributed by atoms with Crippen molar-refractivity contribution >= 4 is 10.0 Å². The van der Waals surface area contributed by atoms with Crippen LogP contribution < -0.4 is 15.2 Å². The monoisotopic (exact) mass is 312 g/mol. The Kier molecular flexibility index (Phi) is 4.60. The van der Waals surface area contributed by atoms with Crippen LogP contribution in [0.3, 0.4) is 0 Å². The van der Waals surface area contributed by atoms with Gasteiger partial charge >= 0.3 is 0 Å². The van der Waals surface area contributed by atoms with Gasteiger partial charge in [-0.25, -0.2) is 13.1 Å². The zero-order valence-corrected chi connectivity index (χ0v) is 13.7. The van der Waals surface area contributed by atoms with Crippen LogP contribution in [0.2, 0.25) is 0 Å².